The van der Waals surface area contributed by atoms with Crippen LogP contribution in [0.2, 0.25) is 0 Å². The minimum atomic E-state index is -0.689. The first-order chi connectivity index (χ1) is 8.93. The van der Waals surface area contributed by atoms with E-state index >= 15 is 0 Å². The smallest absolute Gasteiger partial charge is 0.317 e. The topological polar surface area (TPSA) is 42.4 Å². The van der Waals surface area contributed by atoms with E-state index in [1.807, 2.05) is 45.0 Å². The number of aromatic nitrogens is 1. The van der Waals surface area contributed by atoms with Gasteiger partial charge in [-0.15, -0.1) is 11.3 Å². The molecule has 0 atom stereocenters. The molecule has 0 amide bonds. The summed E-state index contributed by atoms with van der Waals surface area (Å²) in [6.07, 6.45) is 2.09. The van der Waals surface area contributed by atoms with Crippen LogP contribution in [0, 0.1) is 0 Å². The van der Waals surface area contributed by atoms with Crippen LogP contribution in [0.15, 0.2) is 5.38 Å². The van der Waals surface area contributed by atoms with E-state index in [0.29, 0.717) is 6.61 Å². The number of esters is 1. The molecule has 1 aromatic heterocycles. The number of carbonyl (C=O) groups is 1. The van der Waals surface area contributed by atoms with Gasteiger partial charge in [-0.3, -0.25) is 4.79 Å². The van der Waals surface area contributed by atoms with E-state index in [1.165, 1.54) is 0 Å². The fourth-order valence-corrected chi connectivity index (χ4v) is 2.91. The summed E-state index contributed by atoms with van der Waals surface area (Å²) in [5.74, 6) is 0.839. The van der Waals surface area contributed by atoms with E-state index in [9.17, 15) is 4.79 Å². The van der Waals surface area contributed by atoms with Crippen molar-refractivity contribution in [2.45, 2.75) is 26.2 Å². The van der Waals surface area contributed by atoms with Gasteiger partial charge in [0.2, 0.25) is 0 Å². The highest BCUT2D eigenvalue weighted by Crippen LogP contribution is 2.29. The van der Waals surface area contributed by atoms with Crippen molar-refractivity contribution in [3.8, 4) is 0 Å². The maximum Gasteiger partial charge on any atom is 0.317 e. The number of thiazole rings is 1. The van der Waals surface area contributed by atoms with Gasteiger partial charge >= 0.3 is 5.97 Å². The molecule has 4 nitrogen and oxygen atoms in total. The van der Waals surface area contributed by atoms with Gasteiger partial charge < -0.3 is 9.64 Å². The Kier molecular flexibility index (Phi) is 6.13. The van der Waals surface area contributed by atoms with Crippen molar-refractivity contribution >= 4 is 34.2 Å². The third kappa shape index (κ3) is 4.11. The largest absolute Gasteiger partial charge is 0.465 e. The van der Waals surface area contributed by atoms with Crippen molar-refractivity contribution in [3.05, 3.63) is 11.1 Å². The van der Waals surface area contributed by atoms with Crippen LogP contribution in [0.25, 0.3) is 0 Å². The minimum absolute atomic E-state index is 0.224. The van der Waals surface area contributed by atoms with Crippen LogP contribution in [0.3, 0.4) is 0 Å². The number of hydrogen-bond acceptors (Lipinski definition) is 6. The van der Waals surface area contributed by atoms with Gasteiger partial charge in [0.25, 0.3) is 0 Å². The molecule has 0 aliphatic carbocycles. The van der Waals surface area contributed by atoms with Gasteiger partial charge in [-0.2, -0.15) is 11.8 Å². The number of nitrogens with zero attached hydrogens (tertiary/aromatic N) is 2. The van der Waals surface area contributed by atoms with Gasteiger partial charge in [0.05, 0.1) is 12.3 Å². The highest BCUT2D eigenvalue weighted by Gasteiger charge is 2.34. The van der Waals surface area contributed by atoms with Crippen molar-refractivity contribution < 1.29 is 9.53 Å². The Morgan fingerprint density at radius 3 is 2.84 bits per heavy atom. The van der Waals surface area contributed by atoms with Gasteiger partial charge in [0, 0.05) is 24.7 Å². The summed E-state index contributed by atoms with van der Waals surface area (Å²) in [6.45, 7) is 6.87. The summed E-state index contributed by atoms with van der Waals surface area (Å²) in [5.41, 5.74) is 0.0902. The quantitative estimate of drug-likeness (QED) is 0.725. The monoisotopic (exact) mass is 302 g/mol. The van der Waals surface area contributed by atoms with E-state index in [1.54, 1.807) is 11.3 Å². The number of rotatable bonds is 7. The lowest BCUT2D eigenvalue weighted by atomic mass is 9.90. The van der Waals surface area contributed by atoms with Gasteiger partial charge in [-0.1, -0.05) is 0 Å². The molecular formula is C13H22N2O2S2. The first-order valence-corrected chi connectivity index (χ1v) is 8.54. The Morgan fingerprint density at radius 2 is 2.26 bits per heavy atom. The number of thioether (sulfide) groups is 1. The van der Waals surface area contributed by atoms with E-state index in [2.05, 4.69) is 16.1 Å². The van der Waals surface area contributed by atoms with Gasteiger partial charge in [-0.25, -0.2) is 4.98 Å². The molecule has 0 fully saturated rings. The zero-order valence-electron chi connectivity index (χ0n) is 12.2. The molecule has 0 unspecified atom stereocenters. The summed E-state index contributed by atoms with van der Waals surface area (Å²) in [5, 5.41) is 2.89. The molecule has 0 saturated carbocycles. The third-order valence-electron chi connectivity index (χ3n) is 2.88. The fourth-order valence-electron chi connectivity index (χ4n) is 1.47. The predicted molar refractivity (Wildman–Crippen MR) is 83.4 cm³/mol. The lowest BCUT2D eigenvalue weighted by Crippen LogP contribution is -2.31. The van der Waals surface area contributed by atoms with Crippen LogP contribution in [-0.4, -0.2) is 43.2 Å². The highest BCUT2D eigenvalue weighted by molar-refractivity contribution is 7.98. The van der Waals surface area contributed by atoms with Crippen molar-refractivity contribution in [1.82, 2.24) is 4.98 Å². The van der Waals surface area contributed by atoms with E-state index < -0.39 is 5.41 Å². The first-order valence-electron chi connectivity index (χ1n) is 6.26. The lowest BCUT2D eigenvalue weighted by molar-refractivity contribution is -0.148. The summed E-state index contributed by atoms with van der Waals surface area (Å²) < 4.78 is 5.10. The van der Waals surface area contributed by atoms with Gasteiger partial charge in [0.1, 0.15) is 5.41 Å². The molecule has 0 bridgehead atoms. The Morgan fingerprint density at radius 1 is 1.58 bits per heavy atom. The van der Waals surface area contributed by atoms with Crippen molar-refractivity contribution in [2.75, 3.05) is 37.1 Å². The highest BCUT2D eigenvalue weighted by atomic mass is 32.2. The molecule has 0 aliphatic heterocycles. The number of anilines is 1. The SMILES string of the molecule is CCOC(=O)C(C)(C)c1csc(N(C)CCSC)n1. The van der Waals surface area contributed by atoms with Crippen molar-refractivity contribution in [3.63, 3.8) is 0 Å². The van der Waals surface area contributed by atoms with Crippen molar-refractivity contribution in [1.29, 1.82) is 0 Å². The molecule has 0 spiro atoms. The van der Waals surface area contributed by atoms with Gasteiger partial charge in [-0.05, 0) is 27.0 Å². The molecule has 0 aromatic carbocycles. The number of hydrogen-bond donors (Lipinski definition) is 0. The second kappa shape index (κ2) is 7.14. The van der Waals surface area contributed by atoms with E-state index in [0.717, 1.165) is 23.1 Å². The molecule has 108 valence electrons. The maximum atomic E-state index is 11.9. The van der Waals surface area contributed by atoms with Crippen LogP contribution in [-0.2, 0) is 14.9 Å². The van der Waals surface area contributed by atoms with Crippen molar-refractivity contribution in [2.24, 2.45) is 0 Å². The molecule has 0 N–H and O–H groups in total. The lowest BCUT2D eigenvalue weighted by Gasteiger charge is -2.20. The first kappa shape index (κ1) is 16.3. The van der Waals surface area contributed by atoms with Crippen LogP contribution in [0.5, 0.6) is 0 Å². The third-order valence-corrected chi connectivity index (χ3v) is 4.42. The Bertz CT molecular complexity index is 419. The van der Waals surface area contributed by atoms with E-state index in [-0.39, 0.29) is 5.97 Å². The standard InChI is InChI=1S/C13H22N2O2S2/c1-6-17-11(16)13(2,3)10-9-19-12(14-10)15(4)7-8-18-5/h9H,6-8H2,1-5H3. The molecule has 1 aromatic rings. The van der Waals surface area contributed by atoms with Crippen LogP contribution in [0.4, 0.5) is 5.13 Å². The predicted octanol–water partition coefficient (Wildman–Crippen LogP) is 2.78. The minimum Gasteiger partial charge on any atom is -0.465 e. The summed E-state index contributed by atoms with van der Waals surface area (Å²) in [4.78, 5) is 18.6. The summed E-state index contributed by atoms with van der Waals surface area (Å²) in [7, 11) is 2.02. The molecule has 1 rings (SSSR count). The second-order valence-corrected chi connectivity index (χ2v) is 6.60. The van der Waals surface area contributed by atoms with Crippen LogP contribution in [0.1, 0.15) is 26.5 Å². The zero-order chi connectivity index (χ0) is 14.5. The second-order valence-electron chi connectivity index (χ2n) is 4.78. The molecule has 0 radical (unpaired) electrons. The summed E-state index contributed by atoms with van der Waals surface area (Å²) in [6, 6.07) is 0. The van der Waals surface area contributed by atoms with Gasteiger partial charge in [0.15, 0.2) is 5.13 Å². The molecule has 6 heteroatoms. The average molecular weight is 302 g/mol. The molecule has 0 saturated heterocycles. The summed E-state index contributed by atoms with van der Waals surface area (Å²) >= 11 is 3.38. The Balaban J connectivity index is 2.80. The van der Waals surface area contributed by atoms with Crippen LogP contribution < -0.4 is 4.90 Å². The number of carbonyl (C=O) groups excluding carboxylic acids is 1. The number of ether oxygens (including phenoxy) is 1. The van der Waals surface area contributed by atoms with E-state index in [4.69, 9.17) is 4.74 Å². The Labute approximate surface area is 123 Å². The molecule has 0 aliphatic rings. The Hall–Kier alpha value is -0.750. The maximum absolute atomic E-state index is 11.9. The normalized spacial score (nSPS) is 11.4. The zero-order valence-corrected chi connectivity index (χ0v) is 13.9. The molecule has 19 heavy (non-hydrogen) atoms. The van der Waals surface area contributed by atoms with Crippen LogP contribution >= 0.6 is 23.1 Å². The average Bonchev–Trinajstić information content (AvgIpc) is 2.86. The molecule has 1 heterocycles. The molecular weight excluding hydrogens is 280 g/mol. The fraction of sp³-hybridized carbons (Fsp3) is 0.692.